The molecular weight excluding hydrogens is 354 g/mol. The van der Waals surface area contributed by atoms with Gasteiger partial charge in [0.15, 0.2) is 0 Å². The van der Waals surface area contributed by atoms with Gasteiger partial charge in [-0.2, -0.15) is 0 Å². The molecule has 2 N–H and O–H groups in total. The molecule has 7 nitrogen and oxygen atoms in total. The summed E-state index contributed by atoms with van der Waals surface area (Å²) >= 11 is 0. The van der Waals surface area contributed by atoms with E-state index in [1.54, 1.807) is 6.20 Å². The molecule has 2 amide bonds. The molecule has 1 aliphatic carbocycles. The number of carbonyl (C=O) groups excluding carboxylic acids is 1. The minimum atomic E-state index is -3.63. The van der Waals surface area contributed by atoms with Crippen molar-refractivity contribution in [2.24, 2.45) is 0 Å². The van der Waals surface area contributed by atoms with Gasteiger partial charge in [-0.05, 0) is 48.1 Å². The molecule has 1 aromatic heterocycles. The average Bonchev–Trinajstić information content (AvgIpc) is 3.31. The maximum Gasteiger partial charge on any atom is 0.332 e. The highest BCUT2D eigenvalue weighted by atomic mass is 32.2. The second-order valence-electron chi connectivity index (χ2n) is 6.60. The first-order valence-corrected chi connectivity index (χ1v) is 10.3. The van der Waals surface area contributed by atoms with Gasteiger partial charge in [-0.25, -0.2) is 17.9 Å². The summed E-state index contributed by atoms with van der Waals surface area (Å²) < 4.78 is 30.0. The lowest BCUT2D eigenvalue weighted by molar-refractivity contribution is 0.256. The molecule has 0 bridgehead atoms. The van der Waals surface area contributed by atoms with E-state index in [1.807, 2.05) is 22.9 Å². The zero-order valence-electron chi connectivity index (χ0n) is 14.3. The predicted molar refractivity (Wildman–Crippen MR) is 97.4 cm³/mol. The summed E-state index contributed by atoms with van der Waals surface area (Å²) in [5, 5.41) is 2.75. The summed E-state index contributed by atoms with van der Waals surface area (Å²) in [5.74, 6) is 0. The van der Waals surface area contributed by atoms with E-state index in [0.717, 1.165) is 47.9 Å². The third-order valence-corrected chi connectivity index (χ3v) is 5.11. The number of epoxide rings is 1. The van der Waals surface area contributed by atoms with E-state index < -0.39 is 16.1 Å². The lowest BCUT2D eigenvalue weighted by Gasteiger charge is -2.16. The molecule has 2 heterocycles. The number of pyridine rings is 1. The number of benzene rings is 1. The Balaban J connectivity index is 1.75. The number of anilines is 1. The number of amides is 2. The number of fused-ring (bicyclic) bond motifs is 1. The van der Waals surface area contributed by atoms with Crippen molar-refractivity contribution < 1.29 is 17.9 Å². The van der Waals surface area contributed by atoms with Crippen LogP contribution in [0.3, 0.4) is 0 Å². The largest absolute Gasteiger partial charge is 0.366 e. The first-order chi connectivity index (χ1) is 12.4. The van der Waals surface area contributed by atoms with Crippen LogP contribution in [-0.4, -0.2) is 32.3 Å². The topological polar surface area (TPSA) is 101 Å². The molecular formula is C18H19N3O4S. The number of sulfonamides is 1. The van der Waals surface area contributed by atoms with E-state index >= 15 is 0 Å². The first-order valence-electron chi connectivity index (χ1n) is 8.42. The van der Waals surface area contributed by atoms with E-state index in [2.05, 4.69) is 16.4 Å². The van der Waals surface area contributed by atoms with E-state index in [9.17, 15) is 13.2 Å². The lowest BCUT2D eigenvalue weighted by Crippen LogP contribution is -2.33. The van der Waals surface area contributed by atoms with Gasteiger partial charge in [0.1, 0.15) is 6.10 Å². The third kappa shape index (κ3) is 3.56. The number of aryl methyl sites for hydroxylation is 1. The van der Waals surface area contributed by atoms with Crippen molar-refractivity contribution in [1.29, 1.82) is 0 Å². The van der Waals surface area contributed by atoms with Crippen LogP contribution in [0.25, 0.3) is 11.1 Å². The van der Waals surface area contributed by atoms with Gasteiger partial charge in [0, 0.05) is 11.8 Å². The van der Waals surface area contributed by atoms with Crippen LogP contribution >= 0.6 is 0 Å². The van der Waals surface area contributed by atoms with Crippen LogP contribution in [0, 0.1) is 0 Å². The Morgan fingerprint density at radius 3 is 2.81 bits per heavy atom. The fraction of sp³-hybridized carbons (Fsp3) is 0.333. The molecule has 0 radical (unpaired) electrons. The number of nitrogens with zero attached hydrogens (tertiary/aromatic N) is 1. The standard InChI is InChI=1S/C18H19N3O4S/c1-26(23,24)21-18(22)20-17-13-4-2-3-11(13)5-6-14(17)12-7-8-19-15(9-12)16-10-25-16/h5-9,16H,2-4,10H2,1H3,(H2,20,21,22). The fourth-order valence-electron chi connectivity index (χ4n) is 3.37. The smallest absolute Gasteiger partial charge is 0.332 e. The van der Waals surface area contributed by atoms with Gasteiger partial charge < -0.3 is 10.1 Å². The summed E-state index contributed by atoms with van der Waals surface area (Å²) in [7, 11) is -3.63. The Morgan fingerprint density at radius 1 is 1.27 bits per heavy atom. The van der Waals surface area contributed by atoms with E-state index in [-0.39, 0.29) is 6.10 Å². The molecule has 1 atom stereocenters. The number of aromatic nitrogens is 1. The zero-order valence-corrected chi connectivity index (χ0v) is 15.1. The Hall–Kier alpha value is -2.45. The molecule has 8 heteroatoms. The van der Waals surface area contributed by atoms with Crippen molar-refractivity contribution in [3.05, 3.63) is 47.3 Å². The maximum absolute atomic E-state index is 12.2. The van der Waals surface area contributed by atoms with E-state index in [4.69, 9.17) is 4.74 Å². The number of rotatable bonds is 4. The van der Waals surface area contributed by atoms with Crippen molar-refractivity contribution in [2.75, 3.05) is 18.2 Å². The molecule has 2 aromatic rings. The van der Waals surface area contributed by atoms with Crippen molar-refractivity contribution in [1.82, 2.24) is 9.71 Å². The monoisotopic (exact) mass is 373 g/mol. The highest BCUT2D eigenvalue weighted by molar-refractivity contribution is 7.89. The molecule has 1 saturated heterocycles. The molecule has 4 rings (SSSR count). The molecule has 1 aliphatic heterocycles. The van der Waals surface area contributed by atoms with Crippen molar-refractivity contribution in [3.8, 4) is 11.1 Å². The molecule has 1 unspecified atom stereocenters. The quantitative estimate of drug-likeness (QED) is 0.802. The molecule has 0 saturated carbocycles. The minimum Gasteiger partial charge on any atom is -0.366 e. The van der Waals surface area contributed by atoms with Crippen LogP contribution in [0.4, 0.5) is 10.5 Å². The van der Waals surface area contributed by atoms with Crippen LogP contribution in [-0.2, 0) is 27.6 Å². The number of ether oxygens (including phenoxy) is 1. The summed E-state index contributed by atoms with van der Waals surface area (Å²) in [6, 6.07) is 7.11. The second-order valence-corrected chi connectivity index (χ2v) is 8.35. The van der Waals surface area contributed by atoms with Gasteiger partial charge in [-0.1, -0.05) is 12.1 Å². The number of hydrogen-bond acceptors (Lipinski definition) is 5. The maximum atomic E-state index is 12.2. The Bertz CT molecular complexity index is 984. The third-order valence-electron chi connectivity index (χ3n) is 4.55. The normalized spacial score (nSPS) is 18.3. The van der Waals surface area contributed by atoms with Crippen LogP contribution in [0.2, 0.25) is 0 Å². The van der Waals surface area contributed by atoms with Gasteiger partial charge in [-0.3, -0.25) is 4.98 Å². The average molecular weight is 373 g/mol. The number of hydrogen-bond donors (Lipinski definition) is 2. The lowest BCUT2D eigenvalue weighted by atomic mass is 9.97. The van der Waals surface area contributed by atoms with Crippen molar-refractivity contribution >= 4 is 21.7 Å². The second kappa shape index (κ2) is 6.37. The molecule has 26 heavy (non-hydrogen) atoms. The molecule has 1 aromatic carbocycles. The Labute approximate surface area is 151 Å². The van der Waals surface area contributed by atoms with Crippen molar-refractivity contribution in [2.45, 2.75) is 25.4 Å². The molecule has 0 spiro atoms. The number of carbonyl (C=O) groups is 1. The molecule has 1 fully saturated rings. The number of urea groups is 1. The van der Waals surface area contributed by atoms with Gasteiger partial charge in [0.2, 0.25) is 10.0 Å². The van der Waals surface area contributed by atoms with E-state index in [1.165, 1.54) is 5.56 Å². The van der Waals surface area contributed by atoms with Gasteiger partial charge in [-0.15, -0.1) is 0 Å². The number of nitrogens with one attached hydrogen (secondary N) is 2. The summed E-state index contributed by atoms with van der Waals surface area (Å²) in [5.41, 5.74) is 5.52. The van der Waals surface area contributed by atoms with Crippen molar-refractivity contribution in [3.63, 3.8) is 0 Å². The van der Waals surface area contributed by atoms with Crippen LogP contribution in [0.5, 0.6) is 0 Å². The highest BCUT2D eigenvalue weighted by Gasteiger charge is 2.27. The Kier molecular flexibility index (Phi) is 4.16. The first kappa shape index (κ1) is 17.0. The minimum absolute atomic E-state index is 0.0364. The molecule has 136 valence electrons. The van der Waals surface area contributed by atoms with E-state index in [0.29, 0.717) is 12.3 Å². The van der Waals surface area contributed by atoms with Gasteiger partial charge >= 0.3 is 6.03 Å². The van der Waals surface area contributed by atoms with Crippen LogP contribution in [0.1, 0.15) is 29.3 Å². The summed E-state index contributed by atoms with van der Waals surface area (Å²) in [6.45, 7) is 0.669. The zero-order chi connectivity index (χ0) is 18.3. The molecule has 2 aliphatic rings. The Morgan fingerprint density at radius 2 is 2.08 bits per heavy atom. The predicted octanol–water partition coefficient (Wildman–Crippen LogP) is 2.39. The summed E-state index contributed by atoms with van der Waals surface area (Å²) in [4.78, 5) is 16.5. The SMILES string of the molecule is CS(=O)(=O)NC(=O)Nc1c(-c2ccnc(C3CO3)c2)ccc2c1CCC2. The summed E-state index contributed by atoms with van der Waals surface area (Å²) in [6.07, 6.45) is 5.53. The van der Waals surface area contributed by atoms with Crippen LogP contribution in [0.15, 0.2) is 30.5 Å². The highest BCUT2D eigenvalue weighted by Crippen LogP contribution is 2.39. The van der Waals surface area contributed by atoms with Gasteiger partial charge in [0.25, 0.3) is 0 Å². The van der Waals surface area contributed by atoms with Gasteiger partial charge in [0.05, 0.1) is 24.2 Å². The van der Waals surface area contributed by atoms with Crippen LogP contribution < -0.4 is 10.0 Å². The fourth-order valence-corrected chi connectivity index (χ4v) is 3.76.